The summed E-state index contributed by atoms with van der Waals surface area (Å²) in [4.78, 5) is 23.4. The van der Waals surface area contributed by atoms with Crippen LogP contribution in [0.25, 0.3) is 0 Å². The summed E-state index contributed by atoms with van der Waals surface area (Å²) in [5.41, 5.74) is 0.195. The maximum atomic E-state index is 12.1. The summed E-state index contributed by atoms with van der Waals surface area (Å²) in [5, 5.41) is 2.82. The fourth-order valence-electron chi connectivity index (χ4n) is 2.36. The van der Waals surface area contributed by atoms with Gasteiger partial charge >= 0.3 is 0 Å². The van der Waals surface area contributed by atoms with Gasteiger partial charge < -0.3 is 9.88 Å². The number of piperidine rings is 1. The summed E-state index contributed by atoms with van der Waals surface area (Å²) < 4.78 is 25.8. The Kier molecular flexibility index (Phi) is 4.48. The van der Waals surface area contributed by atoms with Crippen LogP contribution in [-0.4, -0.2) is 48.6 Å². The van der Waals surface area contributed by atoms with Crippen LogP contribution in [0.5, 0.6) is 0 Å². The molecule has 0 aliphatic carbocycles. The van der Waals surface area contributed by atoms with Gasteiger partial charge in [-0.25, -0.2) is 12.7 Å². The molecule has 0 unspecified atom stereocenters. The van der Waals surface area contributed by atoms with E-state index in [2.05, 4.69) is 5.32 Å². The highest BCUT2D eigenvalue weighted by molar-refractivity contribution is 7.88. The van der Waals surface area contributed by atoms with Crippen LogP contribution >= 0.6 is 0 Å². The van der Waals surface area contributed by atoms with Crippen LogP contribution < -0.4 is 10.9 Å². The number of amides is 1. The zero-order chi connectivity index (χ0) is 15.6. The van der Waals surface area contributed by atoms with Gasteiger partial charge in [-0.05, 0) is 18.9 Å². The topological polar surface area (TPSA) is 88.5 Å². The molecule has 7 nitrogen and oxygen atoms in total. The van der Waals surface area contributed by atoms with Gasteiger partial charge in [0.2, 0.25) is 15.6 Å². The van der Waals surface area contributed by atoms with Crippen molar-refractivity contribution < 1.29 is 13.2 Å². The van der Waals surface area contributed by atoms with Gasteiger partial charge in [-0.2, -0.15) is 0 Å². The van der Waals surface area contributed by atoms with Gasteiger partial charge in [0.25, 0.3) is 5.91 Å². The summed E-state index contributed by atoms with van der Waals surface area (Å²) in [6, 6.07) is 2.59. The molecule has 0 aromatic carbocycles. The Morgan fingerprint density at radius 1 is 1.38 bits per heavy atom. The van der Waals surface area contributed by atoms with Crippen LogP contribution in [0.15, 0.2) is 23.1 Å². The average molecular weight is 313 g/mol. The molecule has 1 aromatic rings. The lowest BCUT2D eigenvalue weighted by Gasteiger charge is -2.31. The third-order valence-electron chi connectivity index (χ3n) is 3.54. The number of pyridine rings is 1. The number of nitrogens with zero attached hydrogens (tertiary/aromatic N) is 2. The molecule has 1 saturated heterocycles. The Balaban J connectivity index is 2.05. The normalized spacial score (nSPS) is 20.2. The predicted molar refractivity (Wildman–Crippen MR) is 78.6 cm³/mol. The third kappa shape index (κ3) is 3.92. The van der Waals surface area contributed by atoms with E-state index in [9.17, 15) is 18.0 Å². The van der Waals surface area contributed by atoms with Gasteiger partial charge in [-0.15, -0.1) is 0 Å². The molecular formula is C13H19N3O4S. The van der Waals surface area contributed by atoms with Crippen LogP contribution in [0.2, 0.25) is 0 Å². The number of hydrogen-bond acceptors (Lipinski definition) is 4. The first kappa shape index (κ1) is 15.7. The first-order valence-electron chi connectivity index (χ1n) is 6.70. The second-order valence-corrected chi connectivity index (χ2v) is 7.28. The van der Waals surface area contributed by atoms with Crippen molar-refractivity contribution >= 4 is 15.9 Å². The summed E-state index contributed by atoms with van der Waals surface area (Å²) >= 11 is 0. The zero-order valence-electron chi connectivity index (χ0n) is 12.1. The van der Waals surface area contributed by atoms with E-state index in [1.165, 1.54) is 33.5 Å². The Morgan fingerprint density at radius 3 is 2.71 bits per heavy atom. The SMILES string of the molecule is Cn1cc(C(=O)N[C@@H]2CCCN(S(C)(=O)=O)C2)ccc1=O. The maximum absolute atomic E-state index is 12.1. The number of aromatic nitrogens is 1. The molecule has 1 aliphatic rings. The van der Waals surface area contributed by atoms with E-state index in [0.717, 1.165) is 6.42 Å². The highest BCUT2D eigenvalue weighted by atomic mass is 32.2. The number of carbonyl (C=O) groups excluding carboxylic acids is 1. The average Bonchev–Trinajstić information content (AvgIpc) is 2.41. The Bertz CT molecular complexity index is 696. The van der Waals surface area contributed by atoms with Gasteiger partial charge in [0.05, 0.1) is 11.8 Å². The molecule has 2 heterocycles. The molecular weight excluding hydrogens is 294 g/mol. The smallest absolute Gasteiger partial charge is 0.253 e. The highest BCUT2D eigenvalue weighted by Gasteiger charge is 2.27. The standard InChI is InChI=1S/C13H19N3O4S/c1-15-8-10(5-6-12(15)17)13(18)14-11-4-3-7-16(9-11)21(2,19)20/h5-6,8,11H,3-4,7,9H2,1-2H3,(H,14,18)/t11-/m1/s1. The lowest BCUT2D eigenvalue weighted by atomic mass is 10.1. The van der Waals surface area contributed by atoms with E-state index in [1.54, 1.807) is 7.05 Å². The molecule has 0 bridgehead atoms. The van der Waals surface area contributed by atoms with Crippen molar-refractivity contribution in [3.05, 3.63) is 34.2 Å². The van der Waals surface area contributed by atoms with E-state index in [4.69, 9.17) is 0 Å². The van der Waals surface area contributed by atoms with Crippen molar-refractivity contribution in [2.75, 3.05) is 19.3 Å². The van der Waals surface area contributed by atoms with Gasteiger partial charge in [0.15, 0.2) is 0 Å². The summed E-state index contributed by atoms with van der Waals surface area (Å²) in [7, 11) is -1.66. The van der Waals surface area contributed by atoms with Crippen molar-refractivity contribution in [1.29, 1.82) is 0 Å². The summed E-state index contributed by atoms with van der Waals surface area (Å²) in [6.45, 7) is 0.779. The summed E-state index contributed by atoms with van der Waals surface area (Å²) in [5.74, 6) is -0.300. The Morgan fingerprint density at radius 2 is 2.10 bits per heavy atom. The summed E-state index contributed by atoms with van der Waals surface area (Å²) in [6.07, 6.45) is 4.09. The van der Waals surface area contributed by atoms with Gasteiger partial charge in [0.1, 0.15) is 0 Å². The monoisotopic (exact) mass is 313 g/mol. The molecule has 1 atom stereocenters. The molecule has 1 N–H and O–H groups in total. The Labute approximate surface area is 123 Å². The lowest BCUT2D eigenvalue weighted by molar-refractivity contribution is 0.0920. The van der Waals surface area contributed by atoms with Crippen LogP contribution in [0.1, 0.15) is 23.2 Å². The van der Waals surface area contributed by atoms with E-state index in [1.807, 2.05) is 0 Å². The van der Waals surface area contributed by atoms with Crippen LogP contribution in [0.3, 0.4) is 0 Å². The highest BCUT2D eigenvalue weighted by Crippen LogP contribution is 2.13. The van der Waals surface area contributed by atoms with Crippen molar-refractivity contribution in [3.8, 4) is 0 Å². The van der Waals surface area contributed by atoms with E-state index < -0.39 is 10.0 Å². The maximum Gasteiger partial charge on any atom is 0.253 e. The molecule has 116 valence electrons. The number of sulfonamides is 1. The predicted octanol–water partition coefficient (Wildman–Crippen LogP) is -0.461. The third-order valence-corrected chi connectivity index (χ3v) is 4.81. The minimum atomic E-state index is -3.23. The number of carbonyl (C=O) groups is 1. The van der Waals surface area contributed by atoms with Gasteiger partial charge in [0, 0.05) is 38.4 Å². The molecule has 21 heavy (non-hydrogen) atoms. The molecule has 1 aromatic heterocycles. The first-order chi connectivity index (χ1) is 9.77. The minimum absolute atomic E-state index is 0.188. The molecule has 0 saturated carbocycles. The second kappa shape index (κ2) is 5.98. The fourth-order valence-corrected chi connectivity index (χ4v) is 3.27. The Hall–Kier alpha value is -1.67. The molecule has 1 fully saturated rings. The van der Waals surface area contributed by atoms with Crippen LogP contribution in [0, 0.1) is 0 Å². The number of hydrogen-bond donors (Lipinski definition) is 1. The van der Waals surface area contributed by atoms with Gasteiger partial charge in [-0.3, -0.25) is 9.59 Å². The molecule has 8 heteroatoms. The molecule has 1 amide bonds. The van der Waals surface area contributed by atoms with Crippen molar-refractivity contribution in [2.45, 2.75) is 18.9 Å². The molecule has 0 spiro atoms. The lowest BCUT2D eigenvalue weighted by Crippen LogP contribution is -2.49. The van der Waals surface area contributed by atoms with E-state index in [0.29, 0.717) is 18.5 Å². The number of rotatable bonds is 3. The van der Waals surface area contributed by atoms with Crippen LogP contribution in [-0.2, 0) is 17.1 Å². The van der Waals surface area contributed by atoms with Crippen molar-refractivity contribution in [2.24, 2.45) is 7.05 Å². The van der Waals surface area contributed by atoms with E-state index >= 15 is 0 Å². The molecule has 0 radical (unpaired) electrons. The number of aryl methyl sites for hydroxylation is 1. The zero-order valence-corrected chi connectivity index (χ0v) is 12.9. The number of nitrogens with one attached hydrogen (secondary N) is 1. The second-order valence-electron chi connectivity index (χ2n) is 5.30. The van der Waals surface area contributed by atoms with E-state index in [-0.39, 0.29) is 24.1 Å². The molecule has 1 aliphatic heterocycles. The molecule has 2 rings (SSSR count). The van der Waals surface area contributed by atoms with Crippen LogP contribution in [0.4, 0.5) is 0 Å². The fraction of sp³-hybridized carbons (Fsp3) is 0.538. The first-order valence-corrected chi connectivity index (χ1v) is 8.55. The van der Waals surface area contributed by atoms with Crippen molar-refractivity contribution in [1.82, 2.24) is 14.2 Å². The van der Waals surface area contributed by atoms with Crippen molar-refractivity contribution in [3.63, 3.8) is 0 Å². The largest absolute Gasteiger partial charge is 0.348 e. The quantitative estimate of drug-likeness (QED) is 0.818. The minimum Gasteiger partial charge on any atom is -0.348 e. The van der Waals surface area contributed by atoms with Gasteiger partial charge in [-0.1, -0.05) is 0 Å².